The fourth-order valence-electron chi connectivity index (χ4n) is 7.83. The number of primary amides is 1. The maximum absolute atomic E-state index is 14.3. The van der Waals surface area contributed by atoms with Crippen LogP contribution in [-0.2, 0) is 33.4 Å². The third kappa shape index (κ3) is 4.89. The number of rotatable bonds is 4. The van der Waals surface area contributed by atoms with Crippen LogP contribution in [0.3, 0.4) is 0 Å². The molecule has 3 aliphatic carbocycles. The van der Waals surface area contributed by atoms with E-state index in [1.807, 2.05) is 0 Å². The van der Waals surface area contributed by atoms with Crippen LogP contribution in [0.15, 0.2) is 18.2 Å². The SMILES string of the molecule is C[C@@H]1c2cccc(O)c2C(=O)C2C(=O)[C@@]3(O)C(=O)C(C(N)=O)C(=O)[C@H](N(C)C)[C@H]3[C@H](OC(=O)C3CCCN3C(=O)OC(C)(C)C)[C@H]21. The van der Waals surface area contributed by atoms with Crippen LogP contribution in [0.4, 0.5) is 4.79 Å². The van der Waals surface area contributed by atoms with Crippen molar-refractivity contribution >= 4 is 41.1 Å². The first-order valence-electron chi connectivity index (χ1n) is 15.2. The molecule has 1 heterocycles. The molecule has 1 aromatic carbocycles. The van der Waals surface area contributed by atoms with Crippen molar-refractivity contribution in [3.8, 4) is 5.75 Å². The molecular weight excluding hydrogens is 602 g/mol. The van der Waals surface area contributed by atoms with Crippen LogP contribution in [0, 0.1) is 23.7 Å². The van der Waals surface area contributed by atoms with Gasteiger partial charge in [-0.1, -0.05) is 19.1 Å². The molecular formula is C32H39N3O11. The molecule has 0 radical (unpaired) electrons. The number of hydrogen-bond acceptors (Lipinski definition) is 12. The molecule has 4 N–H and O–H groups in total. The lowest BCUT2D eigenvalue weighted by molar-refractivity contribution is -0.207. The summed E-state index contributed by atoms with van der Waals surface area (Å²) in [6.45, 7) is 6.83. The Morgan fingerprint density at radius 2 is 1.74 bits per heavy atom. The van der Waals surface area contributed by atoms with Gasteiger partial charge in [0, 0.05) is 12.5 Å². The van der Waals surface area contributed by atoms with Crippen molar-refractivity contribution in [3.63, 3.8) is 0 Å². The summed E-state index contributed by atoms with van der Waals surface area (Å²) in [6, 6.07) is 1.67. The summed E-state index contributed by atoms with van der Waals surface area (Å²) in [5.41, 5.74) is 1.58. The number of carbonyl (C=O) groups is 7. The van der Waals surface area contributed by atoms with Crippen LogP contribution in [0.1, 0.15) is 62.4 Å². The number of ketones is 4. The number of likely N-dealkylation sites (tertiary alicyclic amines) is 1. The van der Waals surface area contributed by atoms with Gasteiger partial charge in [-0.05, 0) is 65.3 Å². The molecule has 1 aromatic rings. The number of aromatic hydroxyl groups is 1. The largest absolute Gasteiger partial charge is 0.507 e. The summed E-state index contributed by atoms with van der Waals surface area (Å²) in [6.07, 6.45) is -1.76. The standard InChI is InChI=1S/C32H39N3O11/c1-13-14-9-7-11-16(36)18(14)23(37)19-17(13)25(45-29(42)15-10-8-12-35(15)30(43)46-31(2,3)4)21-22(34(5)6)24(38)20(28(33)41)27(40)32(21,44)26(19)39/h7,9,11,13,15,17,19-22,25,36,44H,8,10,12H2,1-6H3,(H2,33,41)/t13-,15?,17+,19?,20?,21+,22-,25-,32-/m1/s1. The second-order valence-electron chi connectivity index (χ2n) is 13.8. The second kappa shape index (κ2) is 11.3. The summed E-state index contributed by atoms with van der Waals surface area (Å²) >= 11 is 0. The molecule has 4 aliphatic rings. The predicted molar refractivity (Wildman–Crippen MR) is 157 cm³/mol. The number of carbonyl (C=O) groups excluding carboxylic acids is 7. The first kappa shape index (κ1) is 33.2. The minimum absolute atomic E-state index is 0.177. The van der Waals surface area contributed by atoms with Gasteiger partial charge in [-0.25, -0.2) is 9.59 Å². The fraction of sp³-hybridized carbons (Fsp3) is 0.594. The molecule has 5 rings (SSSR count). The Hall–Kier alpha value is -4.17. The van der Waals surface area contributed by atoms with Crippen LogP contribution < -0.4 is 5.73 Å². The van der Waals surface area contributed by atoms with Crippen LogP contribution in [0.25, 0.3) is 0 Å². The number of nitrogens with two attached hydrogens (primary N) is 1. The van der Waals surface area contributed by atoms with Crippen molar-refractivity contribution in [3.05, 3.63) is 29.3 Å². The number of hydrogen-bond donors (Lipinski definition) is 3. The molecule has 1 saturated heterocycles. The first-order chi connectivity index (χ1) is 21.3. The van der Waals surface area contributed by atoms with E-state index < -0.39 is 106 Å². The zero-order valence-electron chi connectivity index (χ0n) is 26.5. The number of nitrogens with zero attached hydrogens (tertiary/aromatic N) is 2. The monoisotopic (exact) mass is 641 g/mol. The van der Waals surface area contributed by atoms with Gasteiger partial charge in [0.15, 0.2) is 34.7 Å². The number of phenolic OH excluding ortho intramolecular Hbond substituents is 1. The van der Waals surface area contributed by atoms with E-state index in [4.69, 9.17) is 15.2 Å². The van der Waals surface area contributed by atoms with Gasteiger partial charge in [-0.2, -0.15) is 0 Å². The summed E-state index contributed by atoms with van der Waals surface area (Å²) in [7, 11) is 2.85. The predicted octanol–water partition coefficient (Wildman–Crippen LogP) is 0.349. The van der Waals surface area contributed by atoms with Gasteiger partial charge < -0.3 is 25.4 Å². The van der Waals surface area contributed by atoms with Crippen molar-refractivity contribution in [1.82, 2.24) is 9.80 Å². The van der Waals surface area contributed by atoms with E-state index in [9.17, 15) is 43.8 Å². The number of Topliss-reactive ketones (excluding diaryl/α,β-unsaturated/α-hetero) is 4. The van der Waals surface area contributed by atoms with Gasteiger partial charge in [0.25, 0.3) is 0 Å². The van der Waals surface area contributed by atoms with E-state index in [1.165, 1.54) is 36.0 Å². The van der Waals surface area contributed by atoms with Crippen molar-refractivity contribution in [1.29, 1.82) is 0 Å². The highest BCUT2D eigenvalue weighted by Gasteiger charge is 2.74. The fourth-order valence-corrected chi connectivity index (χ4v) is 7.83. The van der Waals surface area contributed by atoms with Crippen LogP contribution in [-0.4, -0.2) is 111 Å². The molecule has 2 amide bonds. The van der Waals surface area contributed by atoms with Crippen molar-refractivity contribution in [2.75, 3.05) is 20.6 Å². The molecule has 248 valence electrons. The second-order valence-corrected chi connectivity index (χ2v) is 13.8. The van der Waals surface area contributed by atoms with E-state index in [0.29, 0.717) is 12.0 Å². The number of esters is 1. The summed E-state index contributed by atoms with van der Waals surface area (Å²) in [5.74, 6) is -15.2. The number of amides is 2. The van der Waals surface area contributed by atoms with Crippen molar-refractivity contribution < 1.29 is 53.2 Å². The van der Waals surface area contributed by atoms with Crippen LogP contribution >= 0.6 is 0 Å². The Morgan fingerprint density at radius 1 is 1.09 bits per heavy atom. The zero-order chi connectivity index (χ0) is 34.2. The van der Waals surface area contributed by atoms with E-state index in [2.05, 4.69) is 0 Å². The minimum atomic E-state index is -3.15. The highest BCUT2D eigenvalue weighted by molar-refractivity contribution is 6.32. The lowest BCUT2D eigenvalue weighted by Crippen LogP contribution is -2.78. The molecule has 3 unspecified atom stereocenters. The maximum atomic E-state index is 14.3. The number of phenols is 1. The van der Waals surface area contributed by atoms with Gasteiger partial charge in [0.2, 0.25) is 5.91 Å². The Balaban J connectivity index is 1.68. The molecule has 0 aromatic heterocycles. The molecule has 3 fully saturated rings. The lowest BCUT2D eigenvalue weighted by atomic mass is 9.49. The van der Waals surface area contributed by atoms with Crippen molar-refractivity contribution in [2.24, 2.45) is 29.4 Å². The summed E-state index contributed by atoms with van der Waals surface area (Å²) in [4.78, 5) is 97.9. The van der Waals surface area contributed by atoms with Gasteiger partial charge >= 0.3 is 12.1 Å². The van der Waals surface area contributed by atoms with Crippen LogP contribution in [0.2, 0.25) is 0 Å². The zero-order valence-corrected chi connectivity index (χ0v) is 26.5. The normalized spacial score (nSPS) is 34.1. The Kier molecular flexibility index (Phi) is 8.13. The quantitative estimate of drug-likeness (QED) is 0.300. The van der Waals surface area contributed by atoms with E-state index in [0.717, 1.165) is 0 Å². The van der Waals surface area contributed by atoms with E-state index in [-0.39, 0.29) is 18.5 Å². The van der Waals surface area contributed by atoms with E-state index >= 15 is 0 Å². The molecule has 46 heavy (non-hydrogen) atoms. The lowest BCUT2D eigenvalue weighted by Gasteiger charge is -2.56. The molecule has 0 bridgehead atoms. The topological polar surface area (TPSA) is 211 Å². The Bertz CT molecular complexity index is 1550. The average molecular weight is 642 g/mol. The number of benzene rings is 1. The third-order valence-electron chi connectivity index (χ3n) is 9.73. The van der Waals surface area contributed by atoms with Gasteiger partial charge in [-0.3, -0.25) is 33.8 Å². The Labute approximate surface area is 265 Å². The number of fused-ring (bicyclic) bond motifs is 3. The minimum Gasteiger partial charge on any atom is -0.507 e. The summed E-state index contributed by atoms with van der Waals surface area (Å²) in [5, 5.41) is 22.8. The number of likely N-dealkylation sites (N-methyl/N-ethyl adjacent to an activating group) is 1. The highest BCUT2D eigenvalue weighted by atomic mass is 16.6. The maximum Gasteiger partial charge on any atom is 0.411 e. The molecule has 14 nitrogen and oxygen atoms in total. The molecule has 1 aliphatic heterocycles. The smallest absolute Gasteiger partial charge is 0.411 e. The van der Waals surface area contributed by atoms with Gasteiger partial charge in [-0.15, -0.1) is 0 Å². The van der Waals surface area contributed by atoms with Crippen LogP contribution in [0.5, 0.6) is 5.75 Å². The third-order valence-corrected chi connectivity index (χ3v) is 9.73. The summed E-state index contributed by atoms with van der Waals surface area (Å²) < 4.78 is 11.6. The average Bonchev–Trinajstić information content (AvgIpc) is 3.44. The number of ether oxygens (including phenoxy) is 2. The Morgan fingerprint density at radius 3 is 2.33 bits per heavy atom. The van der Waals surface area contributed by atoms with E-state index in [1.54, 1.807) is 33.8 Å². The number of aliphatic hydroxyl groups is 1. The molecule has 14 heteroatoms. The molecule has 0 spiro atoms. The molecule has 9 atom stereocenters. The van der Waals surface area contributed by atoms with Gasteiger partial charge in [0.05, 0.1) is 23.4 Å². The van der Waals surface area contributed by atoms with Gasteiger partial charge in [0.1, 0.15) is 23.5 Å². The highest BCUT2D eigenvalue weighted by Crippen LogP contribution is 2.55. The van der Waals surface area contributed by atoms with Crippen molar-refractivity contribution in [2.45, 2.75) is 75.8 Å². The first-order valence-corrected chi connectivity index (χ1v) is 15.2. The molecule has 2 saturated carbocycles.